The molecule has 18 heavy (non-hydrogen) atoms. The van der Waals surface area contributed by atoms with E-state index in [4.69, 9.17) is 4.42 Å². The van der Waals surface area contributed by atoms with Gasteiger partial charge in [-0.25, -0.2) is 4.68 Å². The molecule has 1 saturated carbocycles. The number of rotatable bonds is 6. The van der Waals surface area contributed by atoms with E-state index in [1.165, 1.54) is 12.8 Å². The molecule has 1 N–H and O–H groups in total. The van der Waals surface area contributed by atoms with Gasteiger partial charge < -0.3 is 9.73 Å². The van der Waals surface area contributed by atoms with Crippen molar-refractivity contribution >= 4 is 0 Å². The van der Waals surface area contributed by atoms with Crippen molar-refractivity contribution in [1.29, 1.82) is 0 Å². The van der Waals surface area contributed by atoms with Gasteiger partial charge in [0, 0.05) is 6.54 Å². The second-order valence-electron chi connectivity index (χ2n) is 4.99. The molecule has 1 fully saturated rings. The Kier molecular flexibility index (Phi) is 3.15. The van der Waals surface area contributed by atoms with Crippen molar-refractivity contribution in [3.05, 3.63) is 35.5 Å². The highest BCUT2D eigenvalue weighted by molar-refractivity contribution is 5.06. The Morgan fingerprint density at radius 1 is 1.44 bits per heavy atom. The molecular weight excluding hydrogens is 228 g/mol. The summed E-state index contributed by atoms with van der Waals surface area (Å²) in [5.74, 6) is 2.73. The van der Waals surface area contributed by atoms with Crippen molar-refractivity contribution in [3.8, 4) is 0 Å². The van der Waals surface area contributed by atoms with Crippen molar-refractivity contribution in [3.63, 3.8) is 0 Å². The minimum absolute atomic E-state index is 0.642. The molecule has 0 spiro atoms. The van der Waals surface area contributed by atoms with Gasteiger partial charge in [0.25, 0.3) is 0 Å². The van der Waals surface area contributed by atoms with Crippen LogP contribution in [-0.2, 0) is 13.1 Å². The lowest BCUT2D eigenvalue weighted by Gasteiger charge is -1.98. The summed E-state index contributed by atoms with van der Waals surface area (Å²) in [7, 11) is 0. The Morgan fingerprint density at radius 2 is 2.33 bits per heavy atom. The summed E-state index contributed by atoms with van der Waals surface area (Å²) < 4.78 is 7.33. The molecule has 0 bridgehead atoms. The zero-order valence-corrected chi connectivity index (χ0v) is 10.6. The lowest BCUT2D eigenvalue weighted by molar-refractivity contribution is 0.455. The molecule has 0 atom stereocenters. The van der Waals surface area contributed by atoms with Crippen LogP contribution in [0.3, 0.4) is 0 Å². The first-order valence-corrected chi connectivity index (χ1v) is 6.44. The summed E-state index contributed by atoms with van der Waals surface area (Å²) in [5, 5.41) is 11.7. The molecule has 0 unspecified atom stereocenters. The third-order valence-electron chi connectivity index (χ3n) is 3.14. The first-order valence-electron chi connectivity index (χ1n) is 6.44. The molecule has 2 heterocycles. The predicted octanol–water partition coefficient (Wildman–Crippen LogP) is 1.73. The molecular formula is C13H18N4O. The van der Waals surface area contributed by atoms with Crippen LogP contribution in [0, 0.1) is 12.8 Å². The van der Waals surface area contributed by atoms with Gasteiger partial charge in [0.15, 0.2) is 0 Å². The molecule has 96 valence electrons. The summed E-state index contributed by atoms with van der Waals surface area (Å²) >= 11 is 0. The average molecular weight is 246 g/mol. The van der Waals surface area contributed by atoms with E-state index in [1.54, 1.807) is 0 Å². The van der Waals surface area contributed by atoms with E-state index in [-0.39, 0.29) is 0 Å². The normalized spacial score (nSPS) is 15.2. The fourth-order valence-electron chi connectivity index (χ4n) is 1.95. The lowest BCUT2D eigenvalue weighted by atomic mass is 10.4. The van der Waals surface area contributed by atoms with Crippen LogP contribution >= 0.6 is 0 Å². The number of furan rings is 1. The van der Waals surface area contributed by atoms with Gasteiger partial charge in [0.1, 0.15) is 18.1 Å². The molecule has 0 saturated heterocycles. The first-order chi connectivity index (χ1) is 8.79. The van der Waals surface area contributed by atoms with Crippen molar-refractivity contribution < 1.29 is 4.42 Å². The molecule has 0 aliphatic heterocycles. The van der Waals surface area contributed by atoms with Crippen LogP contribution in [0.1, 0.15) is 30.1 Å². The summed E-state index contributed by atoms with van der Waals surface area (Å²) in [6.45, 7) is 4.49. The summed E-state index contributed by atoms with van der Waals surface area (Å²) in [4.78, 5) is 0. The van der Waals surface area contributed by atoms with Crippen molar-refractivity contribution in [1.82, 2.24) is 20.3 Å². The lowest BCUT2D eigenvalue weighted by Crippen LogP contribution is -2.16. The van der Waals surface area contributed by atoms with E-state index in [0.717, 1.165) is 36.2 Å². The quantitative estimate of drug-likeness (QED) is 0.843. The number of hydrogen-bond donors (Lipinski definition) is 1. The van der Waals surface area contributed by atoms with Crippen molar-refractivity contribution in [2.75, 3.05) is 6.54 Å². The van der Waals surface area contributed by atoms with E-state index in [9.17, 15) is 0 Å². The Morgan fingerprint density at radius 3 is 3.06 bits per heavy atom. The van der Waals surface area contributed by atoms with Gasteiger partial charge >= 0.3 is 0 Å². The second kappa shape index (κ2) is 4.94. The highest BCUT2D eigenvalue weighted by Gasteiger charge is 2.20. The average Bonchev–Trinajstić information content (AvgIpc) is 2.92. The maximum absolute atomic E-state index is 5.51. The zero-order valence-electron chi connectivity index (χ0n) is 10.6. The standard InChI is InChI=1S/C13H18N4O/c1-10-2-5-13(18-10)9-17-8-12(15-16-17)7-14-6-11-3-4-11/h2,5,8,11,14H,3-4,6-7,9H2,1H3. The predicted molar refractivity (Wildman–Crippen MR) is 67.0 cm³/mol. The van der Waals surface area contributed by atoms with Gasteiger partial charge in [-0.15, -0.1) is 5.10 Å². The summed E-state index contributed by atoms with van der Waals surface area (Å²) in [5.41, 5.74) is 0.985. The van der Waals surface area contributed by atoms with Crippen molar-refractivity contribution in [2.45, 2.75) is 32.9 Å². The van der Waals surface area contributed by atoms with E-state index in [2.05, 4.69) is 15.6 Å². The monoisotopic (exact) mass is 246 g/mol. The first kappa shape index (κ1) is 11.5. The van der Waals surface area contributed by atoms with E-state index in [0.29, 0.717) is 6.54 Å². The second-order valence-corrected chi connectivity index (χ2v) is 4.99. The third kappa shape index (κ3) is 2.98. The van der Waals surface area contributed by atoms with Crippen LogP contribution in [-0.4, -0.2) is 21.5 Å². The number of hydrogen-bond acceptors (Lipinski definition) is 4. The Balaban J connectivity index is 1.52. The maximum Gasteiger partial charge on any atom is 0.125 e. The van der Waals surface area contributed by atoms with Crippen molar-refractivity contribution in [2.24, 2.45) is 5.92 Å². The van der Waals surface area contributed by atoms with Gasteiger partial charge in [-0.05, 0) is 44.4 Å². The molecule has 1 aliphatic carbocycles. The molecule has 0 radical (unpaired) electrons. The van der Waals surface area contributed by atoms with Crippen LogP contribution in [0.4, 0.5) is 0 Å². The molecule has 0 aromatic carbocycles. The van der Waals surface area contributed by atoms with Gasteiger partial charge in [0.2, 0.25) is 0 Å². The number of nitrogens with zero attached hydrogens (tertiary/aromatic N) is 3. The van der Waals surface area contributed by atoms with Crippen LogP contribution < -0.4 is 5.32 Å². The topological polar surface area (TPSA) is 55.9 Å². The molecule has 2 aromatic rings. The smallest absolute Gasteiger partial charge is 0.125 e. The Hall–Kier alpha value is -1.62. The van der Waals surface area contributed by atoms with E-state index < -0.39 is 0 Å². The third-order valence-corrected chi connectivity index (χ3v) is 3.14. The summed E-state index contributed by atoms with van der Waals surface area (Å²) in [6, 6.07) is 3.94. The molecule has 5 nitrogen and oxygen atoms in total. The van der Waals surface area contributed by atoms with Gasteiger partial charge in [-0.1, -0.05) is 5.21 Å². The van der Waals surface area contributed by atoms with Crippen LogP contribution in [0.25, 0.3) is 0 Å². The molecule has 2 aromatic heterocycles. The fourth-order valence-corrected chi connectivity index (χ4v) is 1.95. The highest BCUT2D eigenvalue weighted by Crippen LogP contribution is 2.27. The molecule has 1 aliphatic rings. The number of aromatic nitrogens is 3. The largest absolute Gasteiger partial charge is 0.464 e. The number of aryl methyl sites for hydroxylation is 1. The fraction of sp³-hybridized carbons (Fsp3) is 0.538. The molecule has 5 heteroatoms. The SMILES string of the molecule is Cc1ccc(Cn2cc(CNCC3CC3)nn2)o1. The van der Waals surface area contributed by atoms with E-state index >= 15 is 0 Å². The zero-order chi connectivity index (χ0) is 12.4. The molecule has 0 amide bonds. The minimum Gasteiger partial charge on any atom is -0.464 e. The van der Waals surface area contributed by atoms with Gasteiger partial charge in [-0.2, -0.15) is 0 Å². The van der Waals surface area contributed by atoms with Crippen LogP contribution in [0.2, 0.25) is 0 Å². The Bertz CT molecular complexity index is 513. The Labute approximate surface area is 106 Å². The maximum atomic E-state index is 5.51. The highest BCUT2D eigenvalue weighted by atomic mass is 16.3. The van der Waals surface area contributed by atoms with Gasteiger partial charge in [-0.3, -0.25) is 0 Å². The van der Waals surface area contributed by atoms with Gasteiger partial charge in [0.05, 0.1) is 11.9 Å². The summed E-state index contributed by atoms with van der Waals surface area (Å²) in [6.07, 6.45) is 4.72. The minimum atomic E-state index is 0.642. The van der Waals surface area contributed by atoms with Crippen LogP contribution in [0.5, 0.6) is 0 Å². The number of nitrogens with one attached hydrogen (secondary N) is 1. The van der Waals surface area contributed by atoms with Crippen LogP contribution in [0.15, 0.2) is 22.7 Å². The molecule has 3 rings (SSSR count). The van der Waals surface area contributed by atoms with E-state index in [1.807, 2.05) is 29.9 Å².